The zero-order valence-electron chi connectivity index (χ0n) is 11.4. The van der Waals surface area contributed by atoms with Crippen LogP contribution in [-0.4, -0.2) is 29.1 Å². The molecule has 5 nitrogen and oxygen atoms in total. The predicted octanol–water partition coefficient (Wildman–Crippen LogP) is 2.51. The molecule has 0 radical (unpaired) electrons. The van der Waals surface area contributed by atoms with E-state index in [0.29, 0.717) is 19.6 Å². The number of hydrogen-bond donors (Lipinski definition) is 1. The Morgan fingerprint density at radius 1 is 1.20 bits per heavy atom. The van der Waals surface area contributed by atoms with Crippen LogP contribution in [0.25, 0.3) is 11.1 Å². The fourth-order valence-electron chi connectivity index (χ4n) is 1.66. The van der Waals surface area contributed by atoms with Crippen molar-refractivity contribution in [3.8, 4) is 11.1 Å². The van der Waals surface area contributed by atoms with E-state index in [1.165, 1.54) is 0 Å². The fourth-order valence-corrected chi connectivity index (χ4v) is 1.66. The van der Waals surface area contributed by atoms with Crippen molar-refractivity contribution in [2.75, 3.05) is 18.5 Å². The zero-order chi connectivity index (χ0) is 14.2. The van der Waals surface area contributed by atoms with Crippen LogP contribution >= 0.6 is 0 Å². The van der Waals surface area contributed by atoms with Crippen molar-refractivity contribution in [1.82, 2.24) is 9.97 Å². The van der Waals surface area contributed by atoms with Gasteiger partial charge in [0, 0.05) is 30.6 Å². The number of rotatable bonds is 6. The average molecular weight is 271 g/mol. The molecule has 0 aliphatic heterocycles. The first-order valence-electron chi connectivity index (χ1n) is 6.55. The van der Waals surface area contributed by atoms with Gasteiger partial charge in [0.25, 0.3) is 0 Å². The molecule has 5 heteroatoms. The van der Waals surface area contributed by atoms with Crippen molar-refractivity contribution >= 4 is 11.8 Å². The highest BCUT2D eigenvalue weighted by Crippen LogP contribution is 2.18. The highest BCUT2D eigenvalue weighted by molar-refractivity contribution is 5.68. The second-order valence-corrected chi connectivity index (χ2v) is 4.17. The lowest BCUT2D eigenvalue weighted by molar-refractivity contribution is -0.142. The molecular formula is C15H17N3O2. The van der Waals surface area contributed by atoms with Crippen molar-refractivity contribution < 1.29 is 9.53 Å². The van der Waals surface area contributed by atoms with Gasteiger partial charge in [0.2, 0.25) is 0 Å². The molecule has 0 unspecified atom stereocenters. The van der Waals surface area contributed by atoms with E-state index in [-0.39, 0.29) is 5.97 Å². The first-order valence-corrected chi connectivity index (χ1v) is 6.55. The van der Waals surface area contributed by atoms with Gasteiger partial charge in [-0.25, -0.2) is 4.98 Å². The Hall–Kier alpha value is -2.43. The molecule has 2 rings (SSSR count). The molecule has 0 bridgehead atoms. The monoisotopic (exact) mass is 271 g/mol. The lowest BCUT2D eigenvalue weighted by Gasteiger charge is -2.07. The van der Waals surface area contributed by atoms with E-state index in [1.807, 2.05) is 24.3 Å². The van der Waals surface area contributed by atoms with E-state index in [0.717, 1.165) is 16.9 Å². The van der Waals surface area contributed by atoms with Gasteiger partial charge < -0.3 is 10.1 Å². The highest BCUT2D eigenvalue weighted by atomic mass is 16.5. The summed E-state index contributed by atoms with van der Waals surface area (Å²) in [5, 5.41) is 3.10. The molecule has 0 spiro atoms. The molecule has 0 fully saturated rings. The Morgan fingerprint density at radius 3 is 2.65 bits per heavy atom. The Kier molecular flexibility index (Phi) is 5.06. The Labute approximate surface area is 118 Å². The molecule has 0 atom stereocenters. The largest absolute Gasteiger partial charge is 0.464 e. The van der Waals surface area contributed by atoms with E-state index in [1.54, 1.807) is 25.5 Å². The summed E-state index contributed by atoms with van der Waals surface area (Å²) < 4.78 is 4.97. The number of esters is 1. The number of nitrogens with one attached hydrogen (secondary N) is 1. The molecule has 0 amide bonds. The maximum Gasteiger partial charge on any atom is 0.305 e. The summed E-state index contributed by atoms with van der Waals surface area (Å²) in [6.45, 7) is 2.67. The third-order valence-electron chi connectivity index (χ3n) is 2.74. The van der Waals surface area contributed by atoms with E-state index in [9.17, 15) is 4.79 Å². The number of carbonyl (C=O) groups excluding carboxylic acids is 1. The molecule has 2 aromatic heterocycles. The average Bonchev–Trinajstić information content (AvgIpc) is 2.52. The molecule has 2 aromatic rings. The van der Waals surface area contributed by atoms with Gasteiger partial charge >= 0.3 is 5.97 Å². The van der Waals surface area contributed by atoms with Crippen LogP contribution in [0.2, 0.25) is 0 Å². The van der Waals surface area contributed by atoms with Crippen molar-refractivity contribution in [2.24, 2.45) is 0 Å². The molecule has 0 aromatic carbocycles. The normalized spacial score (nSPS) is 10.1. The van der Waals surface area contributed by atoms with Gasteiger partial charge in [-0.3, -0.25) is 9.78 Å². The number of ether oxygens (including phenoxy) is 1. The van der Waals surface area contributed by atoms with Crippen LogP contribution in [-0.2, 0) is 9.53 Å². The number of pyridine rings is 2. The number of anilines is 1. The lowest BCUT2D eigenvalue weighted by atomic mass is 10.1. The Bertz CT molecular complexity index is 541. The summed E-state index contributed by atoms with van der Waals surface area (Å²) in [7, 11) is 0. The van der Waals surface area contributed by atoms with Crippen LogP contribution in [0.5, 0.6) is 0 Å². The predicted molar refractivity (Wildman–Crippen MR) is 77.2 cm³/mol. The van der Waals surface area contributed by atoms with Gasteiger partial charge in [0.05, 0.1) is 6.54 Å². The fraction of sp³-hybridized carbons (Fsp3) is 0.267. The second-order valence-electron chi connectivity index (χ2n) is 4.17. The minimum absolute atomic E-state index is 0.187. The van der Waals surface area contributed by atoms with Crippen LogP contribution in [0.1, 0.15) is 13.3 Å². The Morgan fingerprint density at radius 2 is 2.00 bits per heavy atom. The van der Waals surface area contributed by atoms with Crippen molar-refractivity contribution in [3.63, 3.8) is 0 Å². The van der Waals surface area contributed by atoms with Crippen LogP contribution in [0, 0.1) is 0 Å². The van der Waals surface area contributed by atoms with Crippen molar-refractivity contribution in [1.29, 1.82) is 0 Å². The number of aromatic nitrogens is 2. The summed E-state index contributed by atoms with van der Waals surface area (Å²) in [6, 6.07) is 7.77. The van der Waals surface area contributed by atoms with E-state index in [4.69, 9.17) is 4.74 Å². The quantitative estimate of drug-likeness (QED) is 0.646. The highest BCUT2D eigenvalue weighted by Gasteiger charge is 2.00. The van der Waals surface area contributed by atoms with Crippen LogP contribution < -0.4 is 5.32 Å². The topological polar surface area (TPSA) is 64.1 Å². The van der Waals surface area contributed by atoms with Gasteiger partial charge in [0.1, 0.15) is 12.4 Å². The van der Waals surface area contributed by atoms with Crippen LogP contribution in [0.3, 0.4) is 0 Å². The third kappa shape index (κ3) is 4.05. The molecular weight excluding hydrogens is 254 g/mol. The van der Waals surface area contributed by atoms with Gasteiger partial charge in [-0.15, -0.1) is 0 Å². The van der Waals surface area contributed by atoms with Gasteiger partial charge in [-0.05, 0) is 29.8 Å². The molecule has 2 heterocycles. The minimum Gasteiger partial charge on any atom is -0.464 e. The Balaban J connectivity index is 1.85. The number of hydrogen-bond acceptors (Lipinski definition) is 5. The summed E-state index contributed by atoms with van der Waals surface area (Å²) in [4.78, 5) is 19.3. The molecule has 1 N–H and O–H groups in total. The van der Waals surface area contributed by atoms with Crippen molar-refractivity contribution in [2.45, 2.75) is 13.3 Å². The standard InChI is InChI=1S/C15H17N3O2/c1-2-15(19)20-10-9-17-14-4-3-13(11-18-14)12-5-7-16-8-6-12/h3-8,11H,2,9-10H2,1H3,(H,17,18). The van der Waals surface area contributed by atoms with E-state index >= 15 is 0 Å². The summed E-state index contributed by atoms with van der Waals surface area (Å²) in [5.74, 6) is 0.572. The summed E-state index contributed by atoms with van der Waals surface area (Å²) >= 11 is 0. The minimum atomic E-state index is -0.187. The van der Waals surface area contributed by atoms with Gasteiger partial charge in [0.15, 0.2) is 0 Å². The van der Waals surface area contributed by atoms with Crippen LogP contribution in [0.15, 0.2) is 42.9 Å². The maximum atomic E-state index is 11.0. The van der Waals surface area contributed by atoms with Gasteiger partial charge in [-0.2, -0.15) is 0 Å². The second kappa shape index (κ2) is 7.23. The van der Waals surface area contributed by atoms with Crippen molar-refractivity contribution in [3.05, 3.63) is 42.9 Å². The number of carbonyl (C=O) groups is 1. The molecule has 0 saturated heterocycles. The summed E-state index contributed by atoms with van der Waals surface area (Å²) in [5.41, 5.74) is 2.12. The molecule has 104 valence electrons. The SMILES string of the molecule is CCC(=O)OCCNc1ccc(-c2ccncc2)cn1. The zero-order valence-corrected chi connectivity index (χ0v) is 11.4. The molecule has 0 aliphatic carbocycles. The van der Waals surface area contributed by atoms with E-state index in [2.05, 4.69) is 15.3 Å². The molecule has 20 heavy (non-hydrogen) atoms. The van der Waals surface area contributed by atoms with E-state index < -0.39 is 0 Å². The van der Waals surface area contributed by atoms with Crippen LogP contribution in [0.4, 0.5) is 5.82 Å². The maximum absolute atomic E-state index is 11.0. The number of nitrogens with zero attached hydrogens (tertiary/aromatic N) is 2. The summed E-state index contributed by atoms with van der Waals surface area (Å²) in [6.07, 6.45) is 5.71. The molecule has 0 aliphatic rings. The first-order chi connectivity index (χ1) is 9.79. The van der Waals surface area contributed by atoms with Gasteiger partial charge in [-0.1, -0.05) is 6.92 Å². The first kappa shape index (κ1) is 14.0. The lowest BCUT2D eigenvalue weighted by Crippen LogP contribution is -2.13. The molecule has 0 saturated carbocycles. The third-order valence-corrected chi connectivity index (χ3v) is 2.74. The smallest absolute Gasteiger partial charge is 0.305 e.